The zero-order valence-electron chi connectivity index (χ0n) is 13.2. The van der Waals surface area contributed by atoms with Gasteiger partial charge >= 0.3 is 0 Å². The van der Waals surface area contributed by atoms with Crippen LogP contribution in [0.1, 0.15) is 30.1 Å². The normalized spacial score (nSPS) is 18.0. The smallest absolute Gasteiger partial charge is 0.252 e. The van der Waals surface area contributed by atoms with Crippen molar-refractivity contribution in [3.05, 3.63) is 54.4 Å². The summed E-state index contributed by atoms with van der Waals surface area (Å²) in [4.78, 5) is 27.2. The molecule has 0 radical (unpaired) electrons. The first kappa shape index (κ1) is 14.7. The predicted octanol–water partition coefficient (Wildman–Crippen LogP) is 1.47. The van der Waals surface area contributed by atoms with E-state index in [-0.39, 0.29) is 12.3 Å². The highest BCUT2D eigenvalue weighted by Gasteiger charge is 2.25. The van der Waals surface area contributed by atoms with Crippen molar-refractivity contribution in [2.24, 2.45) is 0 Å². The van der Waals surface area contributed by atoms with Crippen LogP contribution in [0.4, 0.5) is 0 Å². The van der Waals surface area contributed by atoms with Crippen molar-refractivity contribution < 1.29 is 4.79 Å². The lowest BCUT2D eigenvalue weighted by atomic mass is 9.91. The number of pyridine rings is 1. The standard InChI is InChI=1S/C17H18N6O/c24-16(10-15-20-17-19-7-3-9-23(17)21-15)22-8-2-5-14(12-22)13-4-1-6-18-11-13/h1,3-4,6-7,9,11,14H,2,5,8,10,12H2. The molecule has 4 rings (SSSR count). The van der Waals surface area contributed by atoms with Crippen LogP contribution >= 0.6 is 0 Å². The van der Waals surface area contributed by atoms with Gasteiger partial charge in [-0.25, -0.2) is 9.50 Å². The molecule has 0 bridgehead atoms. The van der Waals surface area contributed by atoms with E-state index in [4.69, 9.17) is 0 Å². The number of amides is 1. The minimum absolute atomic E-state index is 0.0690. The molecule has 0 saturated carbocycles. The van der Waals surface area contributed by atoms with Gasteiger partial charge in [0, 0.05) is 43.8 Å². The van der Waals surface area contributed by atoms with Crippen LogP contribution in [0.15, 0.2) is 43.0 Å². The zero-order valence-corrected chi connectivity index (χ0v) is 13.2. The molecule has 1 atom stereocenters. The molecule has 1 fully saturated rings. The fourth-order valence-corrected chi connectivity index (χ4v) is 3.19. The Labute approximate surface area is 139 Å². The van der Waals surface area contributed by atoms with Crippen LogP contribution in [0.2, 0.25) is 0 Å². The van der Waals surface area contributed by atoms with Crippen molar-refractivity contribution in [2.45, 2.75) is 25.2 Å². The van der Waals surface area contributed by atoms with Gasteiger partial charge < -0.3 is 4.90 Å². The van der Waals surface area contributed by atoms with Gasteiger partial charge in [0.2, 0.25) is 5.91 Å². The monoisotopic (exact) mass is 322 g/mol. The van der Waals surface area contributed by atoms with Crippen LogP contribution in [0, 0.1) is 0 Å². The summed E-state index contributed by atoms with van der Waals surface area (Å²) >= 11 is 0. The molecular weight excluding hydrogens is 304 g/mol. The SMILES string of the molecule is O=C(Cc1nc2ncccn2n1)N1CCCC(c2cccnc2)C1. The Balaban J connectivity index is 1.45. The third-order valence-electron chi connectivity index (χ3n) is 4.40. The molecule has 122 valence electrons. The highest BCUT2D eigenvalue weighted by atomic mass is 16.2. The number of hydrogen-bond acceptors (Lipinski definition) is 5. The molecule has 24 heavy (non-hydrogen) atoms. The summed E-state index contributed by atoms with van der Waals surface area (Å²) in [5, 5.41) is 4.31. The molecule has 0 aromatic carbocycles. The van der Waals surface area contributed by atoms with Gasteiger partial charge in [-0.1, -0.05) is 6.07 Å². The third-order valence-corrected chi connectivity index (χ3v) is 4.40. The van der Waals surface area contributed by atoms with Gasteiger partial charge in [-0.05, 0) is 30.5 Å². The Kier molecular flexibility index (Phi) is 3.90. The molecule has 7 nitrogen and oxygen atoms in total. The van der Waals surface area contributed by atoms with Gasteiger partial charge in [-0.15, -0.1) is 5.10 Å². The Hall–Kier alpha value is -2.83. The van der Waals surface area contributed by atoms with E-state index in [0.29, 0.717) is 17.5 Å². The van der Waals surface area contributed by atoms with E-state index in [2.05, 4.69) is 26.1 Å². The van der Waals surface area contributed by atoms with Crippen molar-refractivity contribution in [3.63, 3.8) is 0 Å². The number of carbonyl (C=O) groups excluding carboxylic acids is 1. The van der Waals surface area contributed by atoms with Crippen LogP contribution in [-0.4, -0.2) is 48.5 Å². The fourth-order valence-electron chi connectivity index (χ4n) is 3.19. The first-order valence-corrected chi connectivity index (χ1v) is 8.13. The summed E-state index contributed by atoms with van der Waals surface area (Å²) in [7, 11) is 0. The van der Waals surface area contributed by atoms with E-state index in [1.54, 1.807) is 29.2 Å². The van der Waals surface area contributed by atoms with E-state index in [1.807, 2.05) is 17.2 Å². The Morgan fingerprint density at radius 2 is 2.25 bits per heavy atom. The molecule has 1 aliphatic heterocycles. The number of hydrogen-bond donors (Lipinski definition) is 0. The molecule has 7 heteroatoms. The van der Waals surface area contributed by atoms with Crippen molar-refractivity contribution in [2.75, 3.05) is 13.1 Å². The number of piperidine rings is 1. The first-order valence-electron chi connectivity index (χ1n) is 8.13. The topological polar surface area (TPSA) is 76.3 Å². The molecule has 1 aliphatic rings. The van der Waals surface area contributed by atoms with Crippen LogP contribution < -0.4 is 0 Å². The van der Waals surface area contributed by atoms with Gasteiger partial charge in [-0.3, -0.25) is 9.78 Å². The van der Waals surface area contributed by atoms with Crippen molar-refractivity contribution in [3.8, 4) is 0 Å². The number of fused-ring (bicyclic) bond motifs is 1. The molecule has 1 unspecified atom stereocenters. The molecule has 0 aliphatic carbocycles. The molecule has 0 spiro atoms. The van der Waals surface area contributed by atoms with E-state index in [9.17, 15) is 4.79 Å². The maximum atomic E-state index is 12.6. The molecule has 1 saturated heterocycles. The van der Waals surface area contributed by atoms with Crippen molar-refractivity contribution in [1.29, 1.82) is 0 Å². The lowest BCUT2D eigenvalue weighted by Gasteiger charge is -2.32. The number of nitrogens with zero attached hydrogens (tertiary/aromatic N) is 6. The molecule has 0 N–H and O–H groups in total. The number of likely N-dealkylation sites (tertiary alicyclic amines) is 1. The summed E-state index contributed by atoms with van der Waals surface area (Å²) < 4.78 is 1.59. The highest BCUT2D eigenvalue weighted by Crippen LogP contribution is 2.26. The zero-order chi connectivity index (χ0) is 16.4. The molecule has 4 heterocycles. The van der Waals surface area contributed by atoms with Gasteiger partial charge in [0.05, 0.1) is 6.42 Å². The van der Waals surface area contributed by atoms with Gasteiger partial charge in [0.15, 0.2) is 5.82 Å². The van der Waals surface area contributed by atoms with Gasteiger partial charge in [0.1, 0.15) is 0 Å². The van der Waals surface area contributed by atoms with E-state index in [1.165, 1.54) is 5.56 Å². The van der Waals surface area contributed by atoms with E-state index < -0.39 is 0 Å². The average Bonchev–Trinajstić information content (AvgIpc) is 3.05. The fraction of sp³-hybridized carbons (Fsp3) is 0.353. The van der Waals surface area contributed by atoms with Crippen LogP contribution in [0.3, 0.4) is 0 Å². The second kappa shape index (κ2) is 6.35. The highest BCUT2D eigenvalue weighted by molar-refractivity contribution is 5.78. The maximum absolute atomic E-state index is 12.6. The Morgan fingerprint density at radius 3 is 3.08 bits per heavy atom. The summed E-state index contributed by atoms with van der Waals surface area (Å²) in [5.41, 5.74) is 1.20. The van der Waals surface area contributed by atoms with Crippen LogP contribution in [-0.2, 0) is 11.2 Å². The van der Waals surface area contributed by atoms with Gasteiger partial charge in [-0.2, -0.15) is 4.98 Å². The quantitative estimate of drug-likeness (QED) is 0.730. The minimum Gasteiger partial charge on any atom is -0.342 e. The largest absolute Gasteiger partial charge is 0.342 e. The van der Waals surface area contributed by atoms with Crippen molar-refractivity contribution in [1.82, 2.24) is 29.5 Å². The summed E-state index contributed by atoms with van der Waals surface area (Å²) in [5.74, 6) is 1.46. The Morgan fingerprint density at radius 1 is 1.29 bits per heavy atom. The predicted molar refractivity (Wildman–Crippen MR) is 87.3 cm³/mol. The number of aromatic nitrogens is 5. The number of carbonyl (C=O) groups is 1. The second-order valence-corrected chi connectivity index (χ2v) is 6.03. The van der Waals surface area contributed by atoms with Gasteiger partial charge in [0.25, 0.3) is 5.78 Å². The average molecular weight is 322 g/mol. The maximum Gasteiger partial charge on any atom is 0.252 e. The third kappa shape index (κ3) is 2.97. The lowest BCUT2D eigenvalue weighted by molar-refractivity contribution is -0.131. The Bertz CT molecular complexity index is 813. The van der Waals surface area contributed by atoms with Crippen LogP contribution in [0.25, 0.3) is 5.78 Å². The van der Waals surface area contributed by atoms with Crippen molar-refractivity contribution >= 4 is 11.7 Å². The molecule has 1 amide bonds. The van der Waals surface area contributed by atoms with E-state index in [0.717, 1.165) is 25.9 Å². The summed E-state index contributed by atoms with van der Waals surface area (Å²) in [6.07, 6.45) is 9.42. The summed E-state index contributed by atoms with van der Waals surface area (Å²) in [6, 6.07) is 5.82. The summed E-state index contributed by atoms with van der Waals surface area (Å²) in [6.45, 7) is 1.53. The molecule has 3 aromatic rings. The lowest BCUT2D eigenvalue weighted by Crippen LogP contribution is -2.40. The second-order valence-electron chi connectivity index (χ2n) is 6.03. The molecular formula is C17H18N6O. The first-order chi connectivity index (χ1) is 11.8. The van der Waals surface area contributed by atoms with Crippen LogP contribution in [0.5, 0.6) is 0 Å². The minimum atomic E-state index is 0.0690. The molecule has 3 aromatic heterocycles. The van der Waals surface area contributed by atoms with E-state index >= 15 is 0 Å². The number of rotatable bonds is 3.